The summed E-state index contributed by atoms with van der Waals surface area (Å²) in [5.41, 5.74) is 0.389. The molecule has 0 N–H and O–H groups in total. The fourth-order valence-electron chi connectivity index (χ4n) is 1.29. The van der Waals surface area contributed by atoms with Gasteiger partial charge < -0.3 is 14.2 Å². The molecule has 2 rings (SSSR count). The summed E-state index contributed by atoms with van der Waals surface area (Å²) in [5.74, 6) is -0.496. The molecule has 0 aromatic heterocycles. The molecular formula is C11H9ClO5. The van der Waals surface area contributed by atoms with Gasteiger partial charge in [0.1, 0.15) is 13.2 Å². The van der Waals surface area contributed by atoms with Gasteiger partial charge in [0.15, 0.2) is 6.10 Å². The molecule has 1 aliphatic heterocycles. The van der Waals surface area contributed by atoms with Crippen molar-refractivity contribution in [3.63, 3.8) is 0 Å². The van der Waals surface area contributed by atoms with Crippen LogP contribution in [0, 0.1) is 0 Å². The van der Waals surface area contributed by atoms with Crippen molar-refractivity contribution >= 4 is 23.7 Å². The summed E-state index contributed by atoms with van der Waals surface area (Å²) in [7, 11) is 0. The van der Waals surface area contributed by atoms with Crippen molar-refractivity contribution in [3.05, 3.63) is 34.9 Å². The van der Waals surface area contributed by atoms with Crippen LogP contribution in [0.3, 0.4) is 0 Å². The Labute approximate surface area is 102 Å². The molecular weight excluding hydrogens is 248 g/mol. The van der Waals surface area contributed by atoms with Gasteiger partial charge in [-0.1, -0.05) is 11.6 Å². The third-order valence-corrected chi connectivity index (χ3v) is 2.38. The van der Waals surface area contributed by atoms with Gasteiger partial charge in [0.05, 0.1) is 5.56 Å². The van der Waals surface area contributed by atoms with E-state index in [0.29, 0.717) is 10.6 Å². The van der Waals surface area contributed by atoms with Gasteiger partial charge >= 0.3 is 12.1 Å². The van der Waals surface area contributed by atoms with Crippen LogP contribution in [-0.2, 0) is 14.2 Å². The molecule has 1 aliphatic rings. The third kappa shape index (κ3) is 3.10. The smallest absolute Gasteiger partial charge is 0.458 e. The Balaban J connectivity index is 1.85. The highest BCUT2D eigenvalue weighted by Gasteiger charge is 2.26. The molecule has 90 valence electrons. The van der Waals surface area contributed by atoms with Crippen LogP contribution >= 0.6 is 11.6 Å². The first-order valence-corrected chi connectivity index (χ1v) is 5.29. The van der Waals surface area contributed by atoms with Gasteiger partial charge in [-0.3, -0.25) is 0 Å². The number of ether oxygens (including phenoxy) is 3. The van der Waals surface area contributed by atoms with Crippen LogP contribution in [0.4, 0.5) is 4.79 Å². The van der Waals surface area contributed by atoms with Crippen molar-refractivity contribution in [1.82, 2.24) is 0 Å². The van der Waals surface area contributed by atoms with Crippen molar-refractivity contribution in [1.29, 1.82) is 0 Å². The summed E-state index contributed by atoms with van der Waals surface area (Å²) in [6.07, 6.45) is -1.27. The summed E-state index contributed by atoms with van der Waals surface area (Å²) in [4.78, 5) is 22.2. The van der Waals surface area contributed by atoms with Crippen LogP contribution in [0.25, 0.3) is 0 Å². The summed E-state index contributed by atoms with van der Waals surface area (Å²) in [5, 5.41) is 0.541. The molecule has 0 amide bonds. The van der Waals surface area contributed by atoms with Gasteiger partial charge in [-0.05, 0) is 24.3 Å². The standard InChI is InChI=1S/C11H9ClO5/c12-8-3-1-7(2-4-8)10(13)15-5-9-6-16-11(14)17-9/h1-4,9H,5-6H2. The lowest BCUT2D eigenvalue weighted by molar-refractivity contribution is 0.0300. The van der Waals surface area contributed by atoms with E-state index in [1.807, 2.05) is 0 Å². The molecule has 0 radical (unpaired) electrons. The molecule has 5 nitrogen and oxygen atoms in total. The van der Waals surface area contributed by atoms with E-state index in [2.05, 4.69) is 4.74 Å². The van der Waals surface area contributed by atoms with E-state index in [4.69, 9.17) is 21.1 Å². The fourth-order valence-corrected chi connectivity index (χ4v) is 1.41. The second-order valence-electron chi connectivity index (χ2n) is 3.41. The van der Waals surface area contributed by atoms with Gasteiger partial charge in [-0.15, -0.1) is 0 Å². The van der Waals surface area contributed by atoms with Gasteiger partial charge in [-0.25, -0.2) is 9.59 Å². The zero-order valence-corrected chi connectivity index (χ0v) is 9.48. The van der Waals surface area contributed by atoms with E-state index < -0.39 is 18.2 Å². The molecule has 1 saturated heterocycles. The number of halogens is 1. The molecule has 6 heteroatoms. The van der Waals surface area contributed by atoms with Crippen LogP contribution in [-0.4, -0.2) is 31.4 Å². The predicted molar refractivity (Wildman–Crippen MR) is 58.0 cm³/mol. The average Bonchev–Trinajstić information content (AvgIpc) is 2.73. The van der Waals surface area contributed by atoms with Crippen LogP contribution < -0.4 is 0 Å². The van der Waals surface area contributed by atoms with Crippen LogP contribution in [0.5, 0.6) is 0 Å². The fraction of sp³-hybridized carbons (Fsp3) is 0.273. The van der Waals surface area contributed by atoms with E-state index in [1.165, 1.54) is 0 Å². The first-order valence-electron chi connectivity index (χ1n) is 4.91. The Morgan fingerprint density at radius 3 is 2.71 bits per heavy atom. The minimum atomic E-state index is -0.738. The SMILES string of the molecule is O=C1OCC(COC(=O)c2ccc(Cl)cc2)O1. The van der Waals surface area contributed by atoms with E-state index >= 15 is 0 Å². The lowest BCUT2D eigenvalue weighted by Crippen LogP contribution is -2.20. The van der Waals surface area contributed by atoms with Crippen LogP contribution in [0.1, 0.15) is 10.4 Å². The second-order valence-corrected chi connectivity index (χ2v) is 3.84. The first kappa shape index (κ1) is 11.7. The minimum absolute atomic E-state index is 0.0206. The molecule has 1 aromatic carbocycles. The number of cyclic esters (lactones) is 2. The predicted octanol–water partition coefficient (Wildman–Crippen LogP) is 2.03. The van der Waals surface area contributed by atoms with E-state index in [-0.39, 0.29) is 13.2 Å². The van der Waals surface area contributed by atoms with Crippen molar-refractivity contribution in [3.8, 4) is 0 Å². The zero-order chi connectivity index (χ0) is 12.3. The maximum atomic E-state index is 11.5. The molecule has 1 unspecified atom stereocenters. The number of carbonyl (C=O) groups excluding carboxylic acids is 2. The quantitative estimate of drug-likeness (QED) is 0.775. The Morgan fingerprint density at radius 2 is 2.12 bits per heavy atom. The average molecular weight is 257 g/mol. The summed E-state index contributed by atoms with van der Waals surface area (Å²) in [6, 6.07) is 6.30. The Morgan fingerprint density at radius 1 is 1.41 bits per heavy atom. The molecule has 1 atom stereocenters. The van der Waals surface area contributed by atoms with Crippen molar-refractivity contribution in [2.24, 2.45) is 0 Å². The molecule has 1 fully saturated rings. The van der Waals surface area contributed by atoms with E-state index in [0.717, 1.165) is 0 Å². The summed E-state index contributed by atoms with van der Waals surface area (Å²) < 4.78 is 14.2. The highest BCUT2D eigenvalue weighted by atomic mass is 35.5. The zero-order valence-electron chi connectivity index (χ0n) is 8.72. The Bertz CT molecular complexity index is 428. The van der Waals surface area contributed by atoms with Crippen molar-refractivity contribution in [2.45, 2.75) is 6.10 Å². The number of esters is 1. The lowest BCUT2D eigenvalue weighted by Gasteiger charge is -2.07. The highest BCUT2D eigenvalue weighted by molar-refractivity contribution is 6.30. The van der Waals surface area contributed by atoms with Gasteiger partial charge in [-0.2, -0.15) is 0 Å². The maximum Gasteiger partial charge on any atom is 0.508 e. The molecule has 0 aliphatic carbocycles. The molecule has 0 spiro atoms. The van der Waals surface area contributed by atoms with Gasteiger partial charge in [0.25, 0.3) is 0 Å². The number of hydrogen-bond donors (Lipinski definition) is 0. The van der Waals surface area contributed by atoms with Gasteiger partial charge in [0, 0.05) is 5.02 Å². The van der Waals surface area contributed by atoms with E-state index in [1.54, 1.807) is 24.3 Å². The Hall–Kier alpha value is -1.75. The normalized spacial score (nSPS) is 18.4. The lowest BCUT2D eigenvalue weighted by atomic mass is 10.2. The number of hydrogen-bond acceptors (Lipinski definition) is 5. The topological polar surface area (TPSA) is 61.8 Å². The summed E-state index contributed by atoms with van der Waals surface area (Å²) in [6.45, 7) is 0.0833. The first-order chi connectivity index (χ1) is 8.15. The van der Waals surface area contributed by atoms with Crippen molar-refractivity contribution in [2.75, 3.05) is 13.2 Å². The molecule has 0 bridgehead atoms. The molecule has 1 aromatic rings. The van der Waals surface area contributed by atoms with Gasteiger partial charge in [0.2, 0.25) is 0 Å². The molecule has 1 heterocycles. The second kappa shape index (κ2) is 5.05. The van der Waals surface area contributed by atoms with Crippen molar-refractivity contribution < 1.29 is 23.8 Å². The summed E-state index contributed by atoms with van der Waals surface area (Å²) >= 11 is 5.69. The minimum Gasteiger partial charge on any atom is -0.458 e. The number of carbonyl (C=O) groups is 2. The Kier molecular flexibility index (Phi) is 3.49. The number of benzene rings is 1. The number of rotatable bonds is 3. The van der Waals surface area contributed by atoms with E-state index in [9.17, 15) is 9.59 Å². The monoisotopic (exact) mass is 256 g/mol. The maximum absolute atomic E-state index is 11.5. The largest absolute Gasteiger partial charge is 0.508 e. The molecule has 17 heavy (non-hydrogen) atoms. The van der Waals surface area contributed by atoms with Crippen LogP contribution in [0.15, 0.2) is 24.3 Å². The highest BCUT2D eigenvalue weighted by Crippen LogP contribution is 2.12. The van der Waals surface area contributed by atoms with Crippen LogP contribution in [0.2, 0.25) is 5.02 Å². The third-order valence-electron chi connectivity index (χ3n) is 2.13. The molecule has 0 saturated carbocycles.